The van der Waals surface area contributed by atoms with Crippen LogP contribution in [0.2, 0.25) is 0 Å². The maximum atomic E-state index is 11.8. The molecule has 1 aliphatic rings. The zero-order valence-electron chi connectivity index (χ0n) is 11.8. The van der Waals surface area contributed by atoms with Crippen molar-refractivity contribution in [2.45, 2.75) is 39.7 Å². The van der Waals surface area contributed by atoms with Gasteiger partial charge in [-0.1, -0.05) is 38.1 Å². The molecule has 0 heterocycles. The first-order chi connectivity index (χ1) is 8.96. The molecule has 3 heteroatoms. The number of allylic oxidation sites excluding steroid dienone is 1. The van der Waals surface area contributed by atoms with Gasteiger partial charge in [-0.05, 0) is 42.9 Å². The smallest absolute Gasteiger partial charge is 0.412 e. The minimum Gasteiger partial charge on any atom is -0.441 e. The highest BCUT2D eigenvalue weighted by atomic mass is 16.6. The van der Waals surface area contributed by atoms with E-state index < -0.39 is 0 Å². The van der Waals surface area contributed by atoms with Gasteiger partial charge in [0.1, 0.15) is 6.10 Å². The molecule has 1 aromatic carbocycles. The fourth-order valence-electron chi connectivity index (χ4n) is 2.46. The number of hydrogen-bond acceptors (Lipinski definition) is 2. The summed E-state index contributed by atoms with van der Waals surface area (Å²) in [6.07, 6.45) is 3.64. The molecule has 3 nitrogen and oxygen atoms in total. The van der Waals surface area contributed by atoms with E-state index in [2.05, 4.69) is 25.2 Å². The fraction of sp³-hybridized carbons (Fsp3) is 0.438. The highest BCUT2D eigenvalue weighted by molar-refractivity contribution is 5.84. The number of amides is 1. The molecule has 0 aliphatic heterocycles. The van der Waals surface area contributed by atoms with Crippen LogP contribution in [0, 0.1) is 5.41 Å². The lowest BCUT2D eigenvalue weighted by Gasteiger charge is -2.31. The Balaban J connectivity index is 1.93. The lowest BCUT2D eigenvalue weighted by atomic mass is 9.79. The summed E-state index contributed by atoms with van der Waals surface area (Å²) in [6.45, 7) is 6.44. The van der Waals surface area contributed by atoms with Gasteiger partial charge in [0.25, 0.3) is 0 Å². The first-order valence-electron chi connectivity index (χ1n) is 6.68. The van der Waals surface area contributed by atoms with Crippen molar-refractivity contribution in [3.63, 3.8) is 0 Å². The summed E-state index contributed by atoms with van der Waals surface area (Å²) in [5.74, 6) is 0. The molecule has 2 rings (SSSR count). The fourth-order valence-corrected chi connectivity index (χ4v) is 2.46. The summed E-state index contributed by atoms with van der Waals surface area (Å²) in [5, 5.41) is 2.74. The van der Waals surface area contributed by atoms with Gasteiger partial charge >= 0.3 is 6.09 Å². The number of carbonyl (C=O) groups excluding carboxylic acids is 1. The van der Waals surface area contributed by atoms with Gasteiger partial charge in [-0.2, -0.15) is 0 Å². The highest BCUT2D eigenvalue weighted by Gasteiger charge is 2.27. The Morgan fingerprint density at radius 3 is 2.63 bits per heavy atom. The average Bonchev–Trinajstić information content (AvgIpc) is 2.33. The summed E-state index contributed by atoms with van der Waals surface area (Å²) < 4.78 is 5.48. The quantitative estimate of drug-likeness (QED) is 0.801. The molecular weight excluding hydrogens is 238 g/mol. The van der Waals surface area contributed by atoms with Gasteiger partial charge in [0.15, 0.2) is 0 Å². The van der Waals surface area contributed by atoms with Crippen molar-refractivity contribution < 1.29 is 9.53 Å². The largest absolute Gasteiger partial charge is 0.441 e. The second-order valence-corrected chi connectivity index (χ2v) is 5.80. The Labute approximate surface area is 114 Å². The van der Waals surface area contributed by atoms with Crippen molar-refractivity contribution in [2.24, 2.45) is 5.41 Å². The SMILES string of the molecule is CC1=CC(C)(C)CCC1OC(=O)Nc1ccccc1. The van der Waals surface area contributed by atoms with Gasteiger partial charge in [0, 0.05) is 5.69 Å². The van der Waals surface area contributed by atoms with Crippen LogP contribution in [0.3, 0.4) is 0 Å². The third kappa shape index (κ3) is 3.85. The Morgan fingerprint density at radius 1 is 1.32 bits per heavy atom. The van der Waals surface area contributed by atoms with Crippen LogP contribution < -0.4 is 5.32 Å². The van der Waals surface area contributed by atoms with Crippen LogP contribution in [0.1, 0.15) is 33.6 Å². The molecule has 0 spiro atoms. The number of anilines is 1. The van der Waals surface area contributed by atoms with Crippen LogP contribution in [0.15, 0.2) is 42.0 Å². The van der Waals surface area contributed by atoms with E-state index in [1.54, 1.807) is 0 Å². The Hall–Kier alpha value is -1.77. The van der Waals surface area contributed by atoms with E-state index in [0.29, 0.717) is 0 Å². The summed E-state index contributed by atoms with van der Waals surface area (Å²) in [4.78, 5) is 11.8. The summed E-state index contributed by atoms with van der Waals surface area (Å²) in [6, 6.07) is 9.35. The number of carbonyl (C=O) groups is 1. The predicted molar refractivity (Wildman–Crippen MR) is 77.1 cm³/mol. The van der Waals surface area contributed by atoms with Crippen LogP contribution in [0.25, 0.3) is 0 Å². The Bertz CT molecular complexity index is 477. The van der Waals surface area contributed by atoms with Crippen LogP contribution in [0.4, 0.5) is 10.5 Å². The standard InChI is InChI=1S/C16H21NO2/c1-12-11-16(2,3)10-9-14(12)19-15(18)17-13-7-5-4-6-8-13/h4-8,11,14H,9-10H2,1-3H3,(H,17,18). The van der Waals surface area contributed by atoms with E-state index in [1.807, 2.05) is 37.3 Å². The topological polar surface area (TPSA) is 38.3 Å². The van der Waals surface area contributed by atoms with E-state index >= 15 is 0 Å². The number of ether oxygens (including phenoxy) is 1. The molecule has 1 amide bonds. The first kappa shape index (κ1) is 13.7. The zero-order chi connectivity index (χ0) is 13.9. The average molecular weight is 259 g/mol. The van der Waals surface area contributed by atoms with Gasteiger partial charge in [-0.3, -0.25) is 5.32 Å². The third-order valence-electron chi connectivity index (χ3n) is 3.45. The van der Waals surface area contributed by atoms with Gasteiger partial charge in [0.2, 0.25) is 0 Å². The molecule has 19 heavy (non-hydrogen) atoms. The molecule has 0 saturated heterocycles. The first-order valence-corrected chi connectivity index (χ1v) is 6.68. The van der Waals surface area contributed by atoms with E-state index in [-0.39, 0.29) is 17.6 Å². The number of nitrogens with one attached hydrogen (secondary N) is 1. The van der Waals surface area contributed by atoms with Crippen molar-refractivity contribution in [2.75, 3.05) is 5.32 Å². The molecule has 0 saturated carbocycles. The monoisotopic (exact) mass is 259 g/mol. The summed E-state index contributed by atoms with van der Waals surface area (Å²) >= 11 is 0. The highest BCUT2D eigenvalue weighted by Crippen LogP contribution is 2.34. The van der Waals surface area contributed by atoms with Crippen molar-refractivity contribution in [1.29, 1.82) is 0 Å². The lowest BCUT2D eigenvalue weighted by molar-refractivity contribution is 0.110. The minimum atomic E-state index is -0.386. The van der Waals surface area contributed by atoms with Gasteiger partial charge in [-0.25, -0.2) is 4.79 Å². The molecule has 0 bridgehead atoms. The van der Waals surface area contributed by atoms with Crippen molar-refractivity contribution in [3.05, 3.63) is 42.0 Å². The molecule has 0 radical (unpaired) electrons. The van der Waals surface area contributed by atoms with Crippen molar-refractivity contribution >= 4 is 11.8 Å². The normalized spacial score (nSPS) is 21.4. The molecule has 1 unspecified atom stereocenters. The number of benzene rings is 1. The molecular formula is C16H21NO2. The van der Waals surface area contributed by atoms with Gasteiger partial charge in [0.05, 0.1) is 0 Å². The minimum absolute atomic E-state index is 0.100. The summed E-state index contributed by atoms with van der Waals surface area (Å²) in [5.41, 5.74) is 2.10. The van der Waals surface area contributed by atoms with Crippen LogP contribution in [0.5, 0.6) is 0 Å². The number of rotatable bonds is 2. The molecule has 1 aliphatic carbocycles. The van der Waals surface area contributed by atoms with E-state index in [4.69, 9.17) is 4.74 Å². The molecule has 1 atom stereocenters. The number of hydrogen-bond donors (Lipinski definition) is 1. The predicted octanol–water partition coefficient (Wildman–Crippen LogP) is 4.37. The molecule has 1 N–H and O–H groups in total. The van der Waals surface area contributed by atoms with Crippen LogP contribution in [-0.2, 0) is 4.74 Å². The van der Waals surface area contributed by atoms with Crippen LogP contribution >= 0.6 is 0 Å². The second-order valence-electron chi connectivity index (χ2n) is 5.80. The second kappa shape index (κ2) is 5.47. The van der Waals surface area contributed by atoms with Crippen molar-refractivity contribution in [3.8, 4) is 0 Å². The molecule has 0 aromatic heterocycles. The molecule has 1 aromatic rings. The van der Waals surface area contributed by atoms with Gasteiger partial charge in [-0.15, -0.1) is 0 Å². The van der Waals surface area contributed by atoms with Gasteiger partial charge < -0.3 is 4.74 Å². The van der Waals surface area contributed by atoms with E-state index in [0.717, 1.165) is 24.1 Å². The number of para-hydroxylation sites is 1. The van der Waals surface area contributed by atoms with E-state index in [9.17, 15) is 4.79 Å². The zero-order valence-corrected chi connectivity index (χ0v) is 11.8. The van der Waals surface area contributed by atoms with Crippen LogP contribution in [-0.4, -0.2) is 12.2 Å². The maximum Gasteiger partial charge on any atom is 0.412 e. The molecule has 102 valence electrons. The molecule has 0 fully saturated rings. The third-order valence-corrected chi connectivity index (χ3v) is 3.45. The Kier molecular flexibility index (Phi) is 3.93. The summed E-state index contributed by atoms with van der Waals surface area (Å²) in [7, 11) is 0. The van der Waals surface area contributed by atoms with E-state index in [1.165, 1.54) is 0 Å². The lowest BCUT2D eigenvalue weighted by Crippen LogP contribution is -2.29. The van der Waals surface area contributed by atoms with Crippen molar-refractivity contribution in [1.82, 2.24) is 0 Å². The Morgan fingerprint density at radius 2 is 2.00 bits per heavy atom. The maximum absolute atomic E-state index is 11.8.